The fourth-order valence-corrected chi connectivity index (χ4v) is 14.6. The van der Waals surface area contributed by atoms with Crippen LogP contribution in [0, 0.1) is 0 Å². The van der Waals surface area contributed by atoms with Gasteiger partial charge in [-0.15, -0.1) is 0 Å². The zero-order chi connectivity index (χ0) is 139. The maximum Gasteiger partial charge on any atom is 0.136 e. The molecule has 0 fully saturated rings. The predicted molar refractivity (Wildman–Crippen MR) is 506 cm³/mol. The maximum absolute atomic E-state index is 9.76. The average Bonchev–Trinajstić information content (AvgIpc) is 1.57. The van der Waals surface area contributed by atoms with Gasteiger partial charge in [-0.3, -0.25) is 0 Å². The van der Waals surface area contributed by atoms with Crippen LogP contribution in [0.25, 0.3) is 251 Å². The molecule has 26 aromatic rings. The van der Waals surface area contributed by atoms with Crippen LogP contribution >= 0.6 is 0 Å². The lowest BCUT2D eigenvalue weighted by Gasteiger charge is -2.18. The van der Waals surface area contributed by atoms with E-state index in [0.717, 1.165) is 0 Å². The molecule has 0 saturated heterocycles. The SMILES string of the molecule is [2H]c1c(-c2c3c([2H])c([2H])c([2H])c([2H])c3c(-c3c([2H])c([2H])c([2H])c4c([2H])c([2H])c([2H])c([2H])c34)c3c([2H])c([2H])c([2H])c([2H])c23)c([2H])c2c(oc3c([2H])c4c([2H])c([2H])c([2H])c([2H])c4c([2H])c32)c1[2H].[2H]c1c(-c2c3c([2H])c([2H])c([2H])c([2H])c3c(-c3c([2H])c([2H])c4c([2H])c([2H])c([2H])c([2H])c4c3[2H])c3c([2H])c([2H])c([2H])c([2H])c23)c([2H])c2c(oc3c([2H])c4c([2H])c([2H])c([2H])c([2H])c4c([2H])c32)c1[2H].[2H]c1c([2H])c([2H])c(-c2c3c([2H])c([2H])c([2H])c([2H])c3c(-c3c([2H])c([2H])c4oc5c([2H])c6c([2H])c([2H])c([2H])c([2H])c6c([2H])c5c4c3[2H])c3c([2H])c([2H])c([2H])c([2H])c23)c([2H])c1[2H]. The summed E-state index contributed by atoms with van der Waals surface area (Å²) in [5.41, 5.74) is -11.2. The van der Waals surface area contributed by atoms with Crippen molar-refractivity contribution >= 4 is 184 Å². The fourth-order valence-electron chi connectivity index (χ4n) is 14.6. The van der Waals surface area contributed by atoms with Crippen molar-refractivity contribution in [2.24, 2.45) is 0 Å². The summed E-state index contributed by atoms with van der Waals surface area (Å²) in [7, 11) is 0. The van der Waals surface area contributed by atoms with Gasteiger partial charge >= 0.3 is 0 Å². The molecule has 0 aliphatic carbocycles. The molecule has 0 saturated carbocycles. The van der Waals surface area contributed by atoms with Crippen molar-refractivity contribution in [2.75, 3.05) is 0 Å². The number of rotatable bonds is 6. The second-order valence-corrected chi connectivity index (χ2v) is 26.0. The Morgan fingerprint density at radius 1 is 0.126 bits per heavy atom. The van der Waals surface area contributed by atoms with E-state index in [4.69, 9.17) is 77.7 Å². The van der Waals surface area contributed by atoms with Gasteiger partial charge in [-0.25, -0.2) is 0 Å². The Morgan fingerprint density at radius 2 is 0.361 bits per heavy atom. The van der Waals surface area contributed by atoms with Crippen LogP contribution in [0.15, 0.2) is 436 Å². The number of fused-ring (bicyclic) bond motifs is 20. The second kappa shape index (κ2) is 27.5. The van der Waals surface area contributed by atoms with Crippen LogP contribution in [-0.4, -0.2) is 0 Å². The Kier molecular flexibility index (Phi) is 6.49. The number of hydrogen-bond donors (Lipinski definition) is 0. The van der Waals surface area contributed by atoms with Gasteiger partial charge in [0, 0.05) is 32.3 Å². The molecule has 0 radical (unpaired) electrons. The van der Waals surface area contributed by atoms with Gasteiger partial charge in [-0.2, -0.15) is 0 Å². The summed E-state index contributed by atoms with van der Waals surface area (Å²) < 4.78 is 639. The Labute approximate surface area is 782 Å². The molecule has 0 spiro atoms. The van der Waals surface area contributed by atoms with Crippen LogP contribution in [0.1, 0.15) is 96.0 Å². The predicted octanol–water partition coefficient (Wildman–Crippen LogP) is 33.4. The summed E-state index contributed by atoms with van der Waals surface area (Å²) >= 11 is 0. The van der Waals surface area contributed by atoms with E-state index in [1.807, 2.05) is 0 Å². The fraction of sp³-hybridized carbons (Fsp3) is 0. The van der Waals surface area contributed by atoms with Gasteiger partial charge in [-0.1, -0.05) is 344 Å². The van der Waals surface area contributed by atoms with Crippen LogP contribution in [0.3, 0.4) is 0 Å². The molecule has 0 bridgehead atoms. The minimum absolute atomic E-state index is 0.393. The molecule has 3 aromatic heterocycles. The van der Waals surface area contributed by atoms with Crippen LogP contribution in [0.5, 0.6) is 0 Å². The maximum atomic E-state index is 9.76. The van der Waals surface area contributed by atoms with Crippen molar-refractivity contribution < 1.29 is 109 Å². The Balaban J connectivity index is 0.000000143. The van der Waals surface area contributed by atoms with Gasteiger partial charge < -0.3 is 13.3 Å². The number of benzene rings is 23. The molecule has 3 nitrogen and oxygen atoms in total. The molecule has 0 aliphatic heterocycles. The minimum Gasteiger partial charge on any atom is -0.456 e. The largest absolute Gasteiger partial charge is 0.456 e. The van der Waals surface area contributed by atoms with Crippen LogP contribution in [-0.2, 0) is 0 Å². The third-order valence-corrected chi connectivity index (χ3v) is 19.6. The van der Waals surface area contributed by atoms with Gasteiger partial charge in [0.15, 0.2) is 0 Å². The van der Waals surface area contributed by atoms with Gasteiger partial charge in [0.25, 0.3) is 0 Å². The second-order valence-electron chi connectivity index (χ2n) is 26.0. The molecule has 0 amide bonds. The molecule has 3 heterocycles. The molecule has 0 atom stereocenters. The third kappa shape index (κ3) is 11.2. The smallest absolute Gasteiger partial charge is 0.136 e. The van der Waals surface area contributed by atoms with Gasteiger partial charge in [0.1, 0.15) is 33.5 Å². The first kappa shape index (κ1) is 28.1. The van der Waals surface area contributed by atoms with Gasteiger partial charge in [0.05, 0.1) is 96.0 Å². The highest BCUT2D eigenvalue weighted by Crippen LogP contribution is 2.51. The van der Waals surface area contributed by atoms with E-state index in [1.165, 1.54) is 0 Å². The lowest BCUT2D eigenvalue weighted by molar-refractivity contribution is 0.669. The molecular weight excluding hydrogens is 1440 g/mol. The molecule has 26 rings (SSSR count). The number of furan rings is 3. The van der Waals surface area contributed by atoms with E-state index in [0.29, 0.717) is 0 Å². The first-order chi connectivity index (χ1) is 88.2. The molecule has 0 N–H and O–H groups in total. The summed E-state index contributed by atoms with van der Waals surface area (Å²) in [6, 6.07) is -58.5. The molecule has 23 aromatic carbocycles. The highest BCUT2D eigenvalue weighted by Gasteiger charge is 2.24. The first-order valence-corrected chi connectivity index (χ1v) is 35.2. The van der Waals surface area contributed by atoms with Crippen molar-refractivity contribution in [1.82, 2.24) is 0 Å². The quantitative estimate of drug-likeness (QED) is 0.156. The van der Waals surface area contributed by atoms with Crippen molar-refractivity contribution in [2.45, 2.75) is 0 Å². The third-order valence-electron chi connectivity index (χ3n) is 19.6. The topological polar surface area (TPSA) is 39.4 Å². The minimum atomic E-state index is -0.942. The first-order valence-electron chi connectivity index (χ1n) is 70.2. The summed E-state index contributed by atoms with van der Waals surface area (Å²) in [6.07, 6.45) is 0. The molecular formula is C116H70O3. The van der Waals surface area contributed by atoms with E-state index in [-0.39, 0.29) is 0 Å². The molecule has 0 unspecified atom stereocenters. The lowest BCUT2D eigenvalue weighted by Crippen LogP contribution is -1.91. The summed E-state index contributed by atoms with van der Waals surface area (Å²) in [4.78, 5) is 0. The van der Waals surface area contributed by atoms with E-state index >= 15 is 0 Å². The molecule has 552 valence electrons. The zero-order valence-corrected chi connectivity index (χ0v) is 59.2. The zero-order valence-electron chi connectivity index (χ0n) is 129. The van der Waals surface area contributed by atoms with E-state index in [9.17, 15) is 31.5 Å². The average molecular weight is 1580 g/mol. The van der Waals surface area contributed by atoms with Crippen LogP contribution in [0.4, 0.5) is 0 Å². The highest BCUT2D eigenvalue weighted by atomic mass is 16.3. The number of hydrogen-bond acceptors (Lipinski definition) is 3. The van der Waals surface area contributed by atoms with Gasteiger partial charge in [0.2, 0.25) is 0 Å². The Morgan fingerprint density at radius 3 is 0.706 bits per heavy atom. The van der Waals surface area contributed by atoms with E-state index in [1.54, 1.807) is 0 Å². The lowest BCUT2D eigenvalue weighted by atomic mass is 9.84. The van der Waals surface area contributed by atoms with Crippen molar-refractivity contribution in [3.05, 3.63) is 423 Å². The summed E-state index contributed by atoms with van der Waals surface area (Å²) in [5, 5.41) is -15.3. The normalized spacial score (nSPS) is 20.1. The molecule has 119 heavy (non-hydrogen) atoms. The molecule has 0 aliphatic rings. The van der Waals surface area contributed by atoms with Crippen molar-refractivity contribution in [3.63, 3.8) is 0 Å². The summed E-state index contributed by atoms with van der Waals surface area (Å²) in [6.45, 7) is 0. The Bertz CT molecular complexity index is 13000. The van der Waals surface area contributed by atoms with E-state index < -0.39 is 674 Å². The standard InChI is InChI=1S/2C40H24O.C36H22O/c1-2-12-27-24-38-36(22-26(27)11-1)35-23-28(20-21-37(35)41-38)39-31-15-5-7-17-33(31)40(34-18-8-6-16-32(34)39)30-19-9-13-25-10-3-4-14-29(25)30;1-2-10-26-21-29(18-17-25(26)9-1)39-31-13-5-7-15-33(31)40(34-16-8-6-14-32(34)39)30-19-20-37-35(23-30)36-22-27-11-3-4-12-28(27)24-38(36)41-37;1-2-10-23(11-3-1)35-27-14-6-8-16-29(27)36(30-17-9-7-15-28(30)35)26-18-19-33-31(21-26)32-20-24-12-4-5-13-25(24)22-34(32)37-33/h2*1-24H;1-22H/i2*1D,2D,3D,4D,5D,6D,7D,8D,9D,10D,11D,12D,13D,14D,15D,16D,17D,18D,19D,20D,21D,22D,23D,24D;1D,2D,3D,4D,5D,6D,7D,8D,9D,10D,11D,12D,13D,14D,15D,16D,17D,18D,19D,20D,21D,22D. The van der Waals surface area contributed by atoms with Crippen LogP contribution < -0.4 is 0 Å². The highest BCUT2D eigenvalue weighted by molar-refractivity contribution is 6.27. The van der Waals surface area contributed by atoms with Crippen LogP contribution in [0.2, 0.25) is 0 Å². The van der Waals surface area contributed by atoms with E-state index in [2.05, 4.69) is 0 Å². The van der Waals surface area contributed by atoms with Gasteiger partial charge in [-0.05, 0) is 264 Å². The monoisotopic (exact) mass is 1580 g/mol. The van der Waals surface area contributed by atoms with Crippen molar-refractivity contribution in [1.29, 1.82) is 0 Å². The molecule has 3 heteroatoms. The van der Waals surface area contributed by atoms with Crippen molar-refractivity contribution in [3.8, 4) is 66.8 Å². The summed E-state index contributed by atoms with van der Waals surface area (Å²) in [5.74, 6) is 0. The Hall–Kier alpha value is -15.7.